The zero-order chi connectivity index (χ0) is 16.1. The summed E-state index contributed by atoms with van der Waals surface area (Å²) in [7, 11) is 1.73. The fourth-order valence-corrected chi connectivity index (χ4v) is 3.09. The number of halogens is 1. The van der Waals surface area contributed by atoms with Gasteiger partial charge in [-0.25, -0.2) is 4.39 Å². The summed E-state index contributed by atoms with van der Waals surface area (Å²) >= 11 is 0. The third-order valence-corrected chi connectivity index (χ3v) is 4.46. The molecule has 5 heteroatoms. The molecule has 1 heterocycles. The quantitative estimate of drug-likeness (QED) is 0.869. The van der Waals surface area contributed by atoms with E-state index in [2.05, 4.69) is 16.7 Å². The van der Waals surface area contributed by atoms with E-state index in [1.165, 1.54) is 12.1 Å². The Balaban J connectivity index is 1.85. The molecular formula is C17H27FN2O2. The van der Waals surface area contributed by atoms with Gasteiger partial charge in [-0.2, -0.15) is 0 Å². The molecule has 1 aromatic rings. The van der Waals surface area contributed by atoms with Crippen LogP contribution >= 0.6 is 0 Å². The van der Waals surface area contributed by atoms with Gasteiger partial charge in [-0.1, -0.05) is 6.07 Å². The number of ether oxygens (including phenoxy) is 1. The van der Waals surface area contributed by atoms with Crippen LogP contribution in [0, 0.1) is 12.7 Å². The van der Waals surface area contributed by atoms with E-state index >= 15 is 0 Å². The maximum atomic E-state index is 13.1. The van der Waals surface area contributed by atoms with Gasteiger partial charge in [-0.3, -0.25) is 9.80 Å². The maximum absolute atomic E-state index is 13.1. The van der Waals surface area contributed by atoms with Crippen LogP contribution < -0.4 is 0 Å². The molecule has 2 atom stereocenters. The van der Waals surface area contributed by atoms with E-state index in [1.807, 2.05) is 6.92 Å². The summed E-state index contributed by atoms with van der Waals surface area (Å²) in [6.07, 6.45) is -0.566. The third kappa shape index (κ3) is 4.49. The third-order valence-electron chi connectivity index (χ3n) is 4.46. The summed E-state index contributed by atoms with van der Waals surface area (Å²) in [5.41, 5.74) is 1.62. The number of aliphatic hydroxyl groups is 1. The first-order valence-electron chi connectivity index (χ1n) is 7.90. The van der Waals surface area contributed by atoms with Crippen LogP contribution in [0.2, 0.25) is 0 Å². The van der Waals surface area contributed by atoms with Crippen molar-refractivity contribution in [3.05, 3.63) is 35.1 Å². The van der Waals surface area contributed by atoms with Crippen molar-refractivity contribution in [3.63, 3.8) is 0 Å². The molecule has 1 aliphatic rings. The lowest BCUT2D eigenvalue weighted by molar-refractivity contribution is 0.0368. The van der Waals surface area contributed by atoms with Gasteiger partial charge in [0.1, 0.15) is 5.82 Å². The van der Waals surface area contributed by atoms with Gasteiger partial charge >= 0.3 is 0 Å². The molecule has 0 saturated carbocycles. The second kappa shape index (κ2) is 8.02. The highest BCUT2D eigenvalue weighted by Gasteiger charge is 2.23. The first-order valence-corrected chi connectivity index (χ1v) is 7.90. The summed E-state index contributed by atoms with van der Waals surface area (Å²) in [6.45, 7) is 9.20. The smallest absolute Gasteiger partial charge is 0.123 e. The predicted molar refractivity (Wildman–Crippen MR) is 85.4 cm³/mol. The molecule has 2 unspecified atom stereocenters. The number of aryl methyl sites for hydroxylation is 1. The molecule has 0 spiro atoms. The van der Waals surface area contributed by atoms with E-state index in [9.17, 15) is 9.50 Å². The van der Waals surface area contributed by atoms with Crippen LogP contribution in [0.25, 0.3) is 0 Å². The van der Waals surface area contributed by atoms with E-state index in [0.717, 1.165) is 43.9 Å². The molecule has 4 nitrogen and oxygen atoms in total. The number of methoxy groups -OCH3 is 1. The fourth-order valence-electron chi connectivity index (χ4n) is 3.09. The van der Waals surface area contributed by atoms with Crippen molar-refractivity contribution in [2.75, 3.05) is 46.4 Å². The fraction of sp³-hybridized carbons (Fsp3) is 0.647. The van der Waals surface area contributed by atoms with Crippen LogP contribution in [0.15, 0.2) is 18.2 Å². The average molecular weight is 310 g/mol. The molecule has 0 aliphatic carbocycles. The highest BCUT2D eigenvalue weighted by molar-refractivity contribution is 5.28. The molecule has 1 N–H and O–H groups in total. The summed E-state index contributed by atoms with van der Waals surface area (Å²) in [5, 5.41) is 10.4. The van der Waals surface area contributed by atoms with Crippen LogP contribution in [0.1, 0.15) is 24.2 Å². The van der Waals surface area contributed by atoms with Crippen molar-refractivity contribution in [1.29, 1.82) is 0 Å². The molecular weight excluding hydrogens is 283 g/mol. The molecule has 2 rings (SSSR count). The lowest BCUT2D eigenvalue weighted by atomic mass is 10.0. The second-order valence-electron chi connectivity index (χ2n) is 6.16. The Bertz CT molecular complexity index is 476. The number of hydrogen-bond acceptors (Lipinski definition) is 4. The van der Waals surface area contributed by atoms with Gasteiger partial charge in [0.05, 0.1) is 12.7 Å². The predicted octanol–water partition coefficient (Wildman–Crippen LogP) is 1.82. The molecule has 0 aromatic heterocycles. The van der Waals surface area contributed by atoms with E-state index in [4.69, 9.17) is 4.74 Å². The first kappa shape index (κ1) is 17.3. The van der Waals surface area contributed by atoms with Crippen molar-refractivity contribution in [1.82, 2.24) is 9.80 Å². The zero-order valence-corrected chi connectivity index (χ0v) is 13.8. The molecule has 0 radical (unpaired) electrons. The molecule has 124 valence electrons. The van der Waals surface area contributed by atoms with Crippen LogP contribution in [-0.2, 0) is 4.74 Å². The molecule has 0 bridgehead atoms. The van der Waals surface area contributed by atoms with Crippen LogP contribution in [-0.4, -0.2) is 67.4 Å². The normalized spacial score (nSPS) is 20.0. The van der Waals surface area contributed by atoms with E-state index in [1.54, 1.807) is 13.2 Å². The van der Waals surface area contributed by atoms with Gasteiger partial charge in [-0.05, 0) is 37.1 Å². The topological polar surface area (TPSA) is 35.9 Å². The summed E-state index contributed by atoms with van der Waals surface area (Å²) in [6, 6.07) is 5.00. The molecule has 1 fully saturated rings. The standard InChI is InChI=1S/C17H27FN2O2/c1-13-10-15(18)4-5-16(13)17(21)11-19-6-8-20(9-7-19)14(2)12-22-3/h4-5,10,14,17,21H,6-9,11-12H2,1-3H3. The Morgan fingerprint density at radius 2 is 1.95 bits per heavy atom. The number of rotatable bonds is 6. The number of hydrogen-bond donors (Lipinski definition) is 1. The lowest BCUT2D eigenvalue weighted by Crippen LogP contribution is -2.51. The molecule has 1 aliphatic heterocycles. The molecule has 0 amide bonds. The van der Waals surface area contributed by atoms with Crippen LogP contribution in [0.3, 0.4) is 0 Å². The largest absolute Gasteiger partial charge is 0.387 e. The van der Waals surface area contributed by atoms with E-state index in [-0.39, 0.29) is 5.82 Å². The Morgan fingerprint density at radius 1 is 1.27 bits per heavy atom. The van der Waals surface area contributed by atoms with Crippen molar-refractivity contribution in [2.24, 2.45) is 0 Å². The van der Waals surface area contributed by atoms with Gasteiger partial charge in [0, 0.05) is 45.9 Å². The minimum absolute atomic E-state index is 0.255. The number of nitrogens with zero attached hydrogens (tertiary/aromatic N) is 2. The highest BCUT2D eigenvalue weighted by Crippen LogP contribution is 2.20. The average Bonchev–Trinajstić information content (AvgIpc) is 2.48. The van der Waals surface area contributed by atoms with Gasteiger partial charge in [0.15, 0.2) is 0 Å². The highest BCUT2D eigenvalue weighted by atomic mass is 19.1. The van der Waals surface area contributed by atoms with Gasteiger partial charge in [-0.15, -0.1) is 0 Å². The van der Waals surface area contributed by atoms with Gasteiger partial charge in [0.2, 0.25) is 0 Å². The first-order chi connectivity index (χ1) is 10.5. The Morgan fingerprint density at radius 3 is 2.55 bits per heavy atom. The number of benzene rings is 1. The van der Waals surface area contributed by atoms with Gasteiger partial charge in [0.25, 0.3) is 0 Å². The number of piperazine rings is 1. The van der Waals surface area contributed by atoms with Crippen LogP contribution in [0.4, 0.5) is 4.39 Å². The minimum Gasteiger partial charge on any atom is -0.387 e. The SMILES string of the molecule is COCC(C)N1CCN(CC(O)c2ccc(F)cc2C)CC1. The van der Waals surface area contributed by atoms with Crippen LogP contribution in [0.5, 0.6) is 0 Å². The summed E-state index contributed by atoms with van der Waals surface area (Å²) < 4.78 is 18.3. The van der Waals surface area contributed by atoms with Gasteiger partial charge < -0.3 is 9.84 Å². The Kier molecular flexibility index (Phi) is 6.32. The number of aliphatic hydroxyl groups excluding tert-OH is 1. The minimum atomic E-state index is -0.566. The Hall–Kier alpha value is -1.01. The van der Waals surface area contributed by atoms with Crippen molar-refractivity contribution in [2.45, 2.75) is 26.0 Å². The summed E-state index contributed by atoms with van der Waals surface area (Å²) in [4.78, 5) is 4.68. The maximum Gasteiger partial charge on any atom is 0.123 e. The Labute approximate surface area is 132 Å². The van der Waals surface area contributed by atoms with Crippen molar-refractivity contribution in [3.8, 4) is 0 Å². The molecule has 22 heavy (non-hydrogen) atoms. The molecule has 1 saturated heterocycles. The number of β-amino-alcohol motifs (C(OH)–C–C–N with tert-alkyl or cyclic N) is 1. The van der Waals surface area contributed by atoms with E-state index in [0.29, 0.717) is 12.6 Å². The van der Waals surface area contributed by atoms with Crippen molar-refractivity contribution < 1.29 is 14.2 Å². The lowest BCUT2D eigenvalue weighted by Gasteiger charge is -2.38. The summed E-state index contributed by atoms with van der Waals surface area (Å²) in [5.74, 6) is -0.255. The second-order valence-corrected chi connectivity index (χ2v) is 6.16. The van der Waals surface area contributed by atoms with Crippen molar-refractivity contribution >= 4 is 0 Å². The van der Waals surface area contributed by atoms with E-state index < -0.39 is 6.10 Å². The monoisotopic (exact) mass is 310 g/mol. The molecule has 1 aromatic carbocycles. The zero-order valence-electron chi connectivity index (χ0n) is 13.8.